The maximum atomic E-state index is 12.8. The third kappa shape index (κ3) is 3.25. The van der Waals surface area contributed by atoms with Gasteiger partial charge in [-0.2, -0.15) is 0 Å². The fraction of sp³-hybridized carbons (Fsp3) is 0.316. The summed E-state index contributed by atoms with van der Waals surface area (Å²) in [6, 6.07) is 10.4. The van der Waals surface area contributed by atoms with E-state index in [4.69, 9.17) is 9.47 Å². The Balaban J connectivity index is 1.42. The third-order valence-electron chi connectivity index (χ3n) is 4.93. The van der Waals surface area contributed by atoms with E-state index >= 15 is 0 Å². The lowest BCUT2D eigenvalue weighted by molar-refractivity contribution is -0.385. The Morgan fingerprint density at radius 3 is 2.48 bits per heavy atom. The maximum absolute atomic E-state index is 12.8. The second-order valence-electron chi connectivity index (χ2n) is 6.58. The Morgan fingerprint density at radius 1 is 1.04 bits per heavy atom. The van der Waals surface area contributed by atoms with E-state index in [2.05, 4.69) is 4.90 Å². The van der Waals surface area contributed by atoms with Crippen LogP contribution in [-0.4, -0.2) is 48.7 Å². The molecule has 8 heteroatoms. The van der Waals surface area contributed by atoms with Crippen molar-refractivity contribution in [3.63, 3.8) is 0 Å². The maximum Gasteiger partial charge on any atom is 0.272 e. The van der Waals surface area contributed by atoms with Crippen molar-refractivity contribution in [2.45, 2.75) is 6.92 Å². The van der Waals surface area contributed by atoms with Gasteiger partial charge < -0.3 is 19.3 Å². The predicted octanol–water partition coefficient (Wildman–Crippen LogP) is 2.59. The van der Waals surface area contributed by atoms with Crippen LogP contribution in [0.1, 0.15) is 15.9 Å². The van der Waals surface area contributed by atoms with Gasteiger partial charge in [-0.05, 0) is 37.3 Å². The molecule has 0 radical (unpaired) electrons. The van der Waals surface area contributed by atoms with Crippen molar-refractivity contribution < 1.29 is 19.2 Å². The number of nitro groups is 1. The van der Waals surface area contributed by atoms with E-state index in [0.29, 0.717) is 48.8 Å². The molecule has 140 valence electrons. The van der Waals surface area contributed by atoms with Gasteiger partial charge in [0.2, 0.25) is 6.79 Å². The van der Waals surface area contributed by atoms with Gasteiger partial charge in [0.25, 0.3) is 11.6 Å². The summed E-state index contributed by atoms with van der Waals surface area (Å²) in [5, 5.41) is 11.0. The molecular weight excluding hydrogens is 350 g/mol. The lowest BCUT2D eigenvalue weighted by atomic mass is 10.1. The second kappa shape index (κ2) is 6.79. The molecule has 8 nitrogen and oxygen atoms in total. The predicted molar refractivity (Wildman–Crippen MR) is 98.5 cm³/mol. The number of rotatable bonds is 3. The smallest absolute Gasteiger partial charge is 0.272 e. The SMILES string of the molecule is Cc1cc(N2CCN(C(=O)c3ccc4c(c3)OCO4)CC2)ccc1[N+](=O)[O-]. The highest BCUT2D eigenvalue weighted by molar-refractivity contribution is 5.95. The van der Waals surface area contributed by atoms with Gasteiger partial charge in [0.15, 0.2) is 11.5 Å². The van der Waals surface area contributed by atoms with Gasteiger partial charge in [0, 0.05) is 49.1 Å². The molecular formula is C19H19N3O5. The van der Waals surface area contributed by atoms with Crippen molar-refractivity contribution in [3.05, 3.63) is 57.6 Å². The molecule has 0 spiro atoms. The molecule has 0 aliphatic carbocycles. The lowest BCUT2D eigenvalue weighted by Gasteiger charge is -2.36. The number of carbonyl (C=O) groups excluding carboxylic acids is 1. The number of amides is 1. The number of hydrogen-bond acceptors (Lipinski definition) is 6. The summed E-state index contributed by atoms with van der Waals surface area (Å²) >= 11 is 0. The van der Waals surface area contributed by atoms with Crippen LogP contribution in [0.15, 0.2) is 36.4 Å². The van der Waals surface area contributed by atoms with Crippen molar-refractivity contribution >= 4 is 17.3 Å². The first-order chi connectivity index (χ1) is 13.0. The zero-order valence-corrected chi connectivity index (χ0v) is 14.9. The molecule has 2 aromatic carbocycles. The average molecular weight is 369 g/mol. The van der Waals surface area contributed by atoms with Crippen LogP contribution in [0, 0.1) is 17.0 Å². The number of carbonyl (C=O) groups is 1. The molecule has 0 bridgehead atoms. The fourth-order valence-corrected chi connectivity index (χ4v) is 3.42. The number of hydrogen-bond donors (Lipinski definition) is 0. The second-order valence-corrected chi connectivity index (χ2v) is 6.58. The highest BCUT2D eigenvalue weighted by atomic mass is 16.7. The van der Waals surface area contributed by atoms with Crippen molar-refractivity contribution in [1.29, 1.82) is 0 Å². The Hall–Kier alpha value is -3.29. The largest absolute Gasteiger partial charge is 0.454 e. The first-order valence-electron chi connectivity index (χ1n) is 8.72. The van der Waals surface area contributed by atoms with Crippen LogP contribution < -0.4 is 14.4 Å². The summed E-state index contributed by atoms with van der Waals surface area (Å²) in [4.78, 5) is 27.3. The molecule has 0 N–H and O–H groups in total. The van der Waals surface area contributed by atoms with E-state index in [1.165, 1.54) is 6.07 Å². The summed E-state index contributed by atoms with van der Waals surface area (Å²) in [6.45, 7) is 4.44. The average Bonchev–Trinajstić information content (AvgIpc) is 3.15. The number of nitrogens with zero attached hydrogens (tertiary/aromatic N) is 3. The molecule has 2 aliphatic rings. The molecule has 0 atom stereocenters. The quantitative estimate of drug-likeness (QED) is 0.611. The van der Waals surface area contributed by atoms with Crippen LogP contribution in [0.2, 0.25) is 0 Å². The number of nitro benzene ring substituents is 1. The molecule has 0 unspecified atom stereocenters. The minimum Gasteiger partial charge on any atom is -0.454 e. The van der Waals surface area contributed by atoms with Crippen LogP contribution >= 0.6 is 0 Å². The third-order valence-corrected chi connectivity index (χ3v) is 4.93. The summed E-state index contributed by atoms with van der Waals surface area (Å²) in [5.74, 6) is 1.22. The van der Waals surface area contributed by atoms with Gasteiger partial charge in [-0.1, -0.05) is 0 Å². The van der Waals surface area contributed by atoms with E-state index in [0.717, 1.165) is 5.69 Å². The van der Waals surface area contributed by atoms with Crippen molar-refractivity contribution in [3.8, 4) is 11.5 Å². The number of benzene rings is 2. The van der Waals surface area contributed by atoms with Crippen molar-refractivity contribution in [2.24, 2.45) is 0 Å². The van der Waals surface area contributed by atoms with Gasteiger partial charge in [-0.25, -0.2) is 0 Å². The van der Waals surface area contributed by atoms with Crippen LogP contribution in [0.3, 0.4) is 0 Å². The standard InChI is InChI=1S/C19H19N3O5/c1-13-10-15(3-4-16(13)22(24)25)20-6-8-21(9-7-20)19(23)14-2-5-17-18(11-14)27-12-26-17/h2-5,10-11H,6-9,12H2,1H3. The van der Waals surface area contributed by atoms with Crippen LogP contribution in [0.4, 0.5) is 11.4 Å². The number of fused-ring (bicyclic) bond motifs is 1. The van der Waals surface area contributed by atoms with Gasteiger partial charge in [-0.3, -0.25) is 14.9 Å². The zero-order valence-electron chi connectivity index (χ0n) is 14.9. The minimum absolute atomic E-state index is 0.0344. The van der Waals surface area contributed by atoms with Gasteiger partial charge in [0.05, 0.1) is 4.92 Å². The zero-order chi connectivity index (χ0) is 19.0. The monoisotopic (exact) mass is 369 g/mol. The molecule has 1 amide bonds. The van der Waals surface area contributed by atoms with E-state index in [1.807, 2.05) is 11.0 Å². The molecule has 1 fully saturated rings. The minimum atomic E-state index is -0.374. The van der Waals surface area contributed by atoms with Crippen molar-refractivity contribution in [1.82, 2.24) is 4.90 Å². The Kier molecular flexibility index (Phi) is 4.31. The van der Waals surface area contributed by atoms with Crippen LogP contribution in [0.25, 0.3) is 0 Å². The summed E-state index contributed by atoms with van der Waals surface area (Å²) in [6.07, 6.45) is 0. The molecule has 1 saturated heterocycles. The number of aryl methyl sites for hydroxylation is 1. The first kappa shape index (κ1) is 17.1. The van der Waals surface area contributed by atoms with E-state index in [-0.39, 0.29) is 23.3 Å². The topological polar surface area (TPSA) is 85.2 Å². The highest BCUT2D eigenvalue weighted by Crippen LogP contribution is 2.33. The Bertz CT molecular complexity index is 906. The van der Waals surface area contributed by atoms with Crippen LogP contribution in [-0.2, 0) is 0 Å². The fourth-order valence-electron chi connectivity index (χ4n) is 3.42. The summed E-state index contributed by atoms with van der Waals surface area (Å²) in [5.41, 5.74) is 2.28. The Labute approximate surface area is 156 Å². The van der Waals surface area contributed by atoms with E-state index in [9.17, 15) is 14.9 Å². The molecule has 27 heavy (non-hydrogen) atoms. The molecule has 2 heterocycles. The first-order valence-corrected chi connectivity index (χ1v) is 8.72. The van der Waals surface area contributed by atoms with Gasteiger partial charge in [-0.15, -0.1) is 0 Å². The van der Waals surface area contributed by atoms with Crippen molar-refractivity contribution in [2.75, 3.05) is 37.9 Å². The van der Waals surface area contributed by atoms with Gasteiger partial charge >= 0.3 is 0 Å². The molecule has 2 aromatic rings. The molecule has 0 aromatic heterocycles. The van der Waals surface area contributed by atoms with E-state index < -0.39 is 0 Å². The number of ether oxygens (including phenoxy) is 2. The summed E-state index contributed by atoms with van der Waals surface area (Å²) < 4.78 is 10.6. The Morgan fingerprint density at radius 2 is 1.78 bits per heavy atom. The number of anilines is 1. The molecule has 0 saturated carbocycles. The molecule has 2 aliphatic heterocycles. The lowest BCUT2D eigenvalue weighted by Crippen LogP contribution is -2.48. The molecule has 4 rings (SSSR count). The normalized spacial score (nSPS) is 15.7. The van der Waals surface area contributed by atoms with Crippen LogP contribution in [0.5, 0.6) is 11.5 Å². The number of piperazine rings is 1. The highest BCUT2D eigenvalue weighted by Gasteiger charge is 2.25. The van der Waals surface area contributed by atoms with Gasteiger partial charge in [0.1, 0.15) is 0 Å². The van der Waals surface area contributed by atoms with E-state index in [1.54, 1.807) is 31.2 Å². The summed E-state index contributed by atoms with van der Waals surface area (Å²) in [7, 11) is 0.